The van der Waals surface area contributed by atoms with E-state index in [1.807, 2.05) is 67.6 Å². The fraction of sp³-hybridized carbons (Fsp3) is 0.154. The van der Waals surface area contributed by atoms with Crippen LogP contribution < -0.4 is 14.8 Å². The Labute approximate surface area is 216 Å². The van der Waals surface area contributed by atoms with Crippen LogP contribution in [0.2, 0.25) is 5.02 Å². The van der Waals surface area contributed by atoms with Crippen LogP contribution in [0.1, 0.15) is 23.6 Å². The van der Waals surface area contributed by atoms with Gasteiger partial charge in [0.2, 0.25) is 0 Å². The molecule has 0 bridgehead atoms. The first kappa shape index (κ1) is 24.1. The van der Waals surface area contributed by atoms with Gasteiger partial charge in [0.05, 0.1) is 16.7 Å². The molecular formula is C26H22ClIN2O4. The van der Waals surface area contributed by atoms with Gasteiger partial charge in [-0.1, -0.05) is 54.1 Å². The maximum absolute atomic E-state index is 12.9. The Morgan fingerprint density at radius 3 is 2.44 bits per heavy atom. The fourth-order valence-electron chi connectivity index (χ4n) is 3.46. The number of hydrogen-bond donors (Lipinski definition) is 1. The van der Waals surface area contributed by atoms with Crippen molar-refractivity contribution in [2.75, 3.05) is 6.61 Å². The van der Waals surface area contributed by atoms with Crippen LogP contribution >= 0.6 is 34.2 Å². The molecule has 1 aliphatic heterocycles. The average Bonchev–Trinajstić information content (AvgIpc) is 3.08. The molecule has 0 radical (unpaired) electrons. The predicted molar refractivity (Wildman–Crippen MR) is 140 cm³/mol. The van der Waals surface area contributed by atoms with E-state index in [9.17, 15) is 9.59 Å². The molecule has 1 saturated heterocycles. The summed E-state index contributed by atoms with van der Waals surface area (Å²) in [6, 6.07) is 20.1. The number of urea groups is 1. The summed E-state index contributed by atoms with van der Waals surface area (Å²) in [5, 5.41) is 3.34. The van der Waals surface area contributed by atoms with Gasteiger partial charge < -0.3 is 14.8 Å². The van der Waals surface area contributed by atoms with E-state index in [0.29, 0.717) is 29.7 Å². The van der Waals surface area contributed by atoms with Crippen LogP contribution in [0.25, 0.3) is 6.08 Å². The van der Waals surface area contributed by atoms with E-state index in [1.165, 1.54) is 4.90 Å². The number of imide groups is 1. The average molecular weight is 589 g/mol. The molecule has 0 spiro atoms. The van der Waals surface area contributed by atoms with E-state index >= 15 is 0 Å². The molecule has 0 atom stereocenters. The summed E-state index contributed by atoms with van der Waals surface area (Å²) in [4.78, 5) is 26.5. The minimum atomic E-state index is -0.442. The predicted octanol–water partition coefficient (Wildman–Crippen LogP) is 6.02. The van der Waals surface area contributed by atoms with E-state index in [-0.39, 0.29) is 18.1 Å². The number of amides is 3. The highest BCUT2D eigenvalue weighted by atomic mass is 127. The van der Waals surface area contributed by atoms with Crippen molar-refractivity contribution in [1.82, 2.24) is 10.2 Å². The monoisotopic (exact) mass is 588 g/mol. The van der Waals surface area contributed by atoms with E-state index in [0.717, 1.165) is 20.3 Å². The standard InChI is InChI=1S/C26H22ClIN2O4/c1-2-33-23-14-19(12-21(28)24(23)34-16-18-8-10-20(27)11-9-18)13-22-25(31)30(26(32)29-22)15-17-6-4-3-5-7-17/h3-14H,2,15-16H2,1H3,(H,29,32)/b22-13+. The number of ether oxygens (including phenoxy) is 2. The lowest BCUT2D eigenvalue weighted by Gasteiger charge is -2.15. The van der Waals surface area contributed by atoms with Crippen molar-refractivity contribution >= 4 is 52.2 Å². The van der Waals surface area contributed by atoms with Crippen molar-refractivity contribution < 1.29 is 19.1 Å². The summed E-state index contributed by atoms with van der Waals surface area (Å²) < 4.78 is 12.7. The van der Waals surface area contributed by atoms with Crippen molar-refractivity contribution in [3.63, 3.8) is 0 Å². The fourth-order valence-corrected chi connectivity index (χ4v) is 4.37. The molecule has 1 aliphatic rings. The maximum atomic E-state index is 12.9. The van der Waals surface area contributed by atoms with Gasteiger partial charge in [0.1, 0.15) is 12.3 Å². The number of rotatable bonds is 8. The molecular weight excluding hydrogens is 567 g/mol. The lowest BCUT2D eigenvalue weighted by Crippen LogP contribution is -2.30. The van der Waals surface area contributed by atoms with Gasteiger partial charge in [-0.25, -0.2) is 4.79 Å². The second-order valence-corrected chi connectivity index (χ2v) is 9.14. The van der Waals surface area contributed by atoms with Crippen LogP contribution in [0.4, 0.5) is 4.79 Å². The third kappa shape index (κ3) is 5.71. The van der Waals surface area contributed by atoms with Gasteiger partial charge in [-0.2, -0.15) is 0 Å². The molecule has 3 aromatic rings. The second kappa shape index (κ2) is 10.9. The Kier molecular flexibility index (Phi) is 7.74. The second-order valence-electron chi connectivity index (χ2n) is 7.54. The molecule has 3 amide bonds. The van der Waals surface area contributed by atoms with Crippen LogP contribution in [0.3, 0.4) is 0 Å². The number of nitrogens with zero attached hydrogens (tertiary/aromatic N) is 1. The molecule has 34 heavy (non-hydrogen) atoms. The SMILES string of the molecule is CCOc1cc(/C=C2/NC(=O)N(Cc3ccccc3)C2=O)cc(I)c1OCc1ccc(Cl)cc1. The van der Waals surface area contributed by atoms with Gasteiger partial charge in [0, 0.05) is 5.02 Å². The number of nitrogens with one attached hydrogen (secondary N) is 1. The lowest BCUT2D eigenvalue weighted by atomic mass is 10.1. The minimum Gasteiger partial charge on any atom is -0.490 e. The number of carbonyl (C=O) groups excluding carboxylic acids is 2. The van der Waals surface area contributed by atoms with Gasteiger partial charge in [-0.3, -0.25) is 9.69 Å². The maximum Gasteiger partial charge on any atom is 0.329 e. The van der Waals surface area contributed by atoms with Crippen LogP contribution in [-0.2, 0) is 17.9 Å². The van der Waals surface area contributed by atoms with E-state index in [1.54, 1.807) is 12.1 Å². The Morgan fingerprint density at radius 1 is 1.00 bits per heavy atom. The van der Waals surface area contributed by atoms with E-state index in [2.05, 4.69) is 27.9 Å². The van der Waals surface area contributed by atoms with Gasteiger partial charge in [0.25, 0.3) is 5.91 Å². The number of halogens is 2. The third-order valence-electron chi connectivity index (χ3n) is 5.08. The van der Waals surface area contributed by atoms with Crippen molar-refractivity contribution in [1.29, 1.82) is 0 Å². The highest BCUT2D eigenvalue weighted by molar-refractivity contribution is 14.1. The summed E-state index contributed by atoms with van der Waals surface area (Å²) in [5.41, 5.74) is 2.79. The Bertz CT molecular complexity index is 1230. The quantitative estimate of drug-likeness (QED) is 0.199. The van der Waals surface area contributed by atoms with Crippen molar-refractivity contribution in [3.8, 4) is 11.5 Å². The Morgan fingerprint density at radius 2 is 1.74 bits per heavy atom. The molecule has 1 fully saturated rings. The zero-order valence-electron chi connectivity index (χ0n) is 18.4. The molecule has 1 N–H and O–H groups in total. The first-order chi connectivity index (χ1) is 16.4. The minimum absolute atomic E-state index is 0.210. The van der Waals surface area contributed by atoms with Gasteiger partial charge in [-0.05, 0) is 76.5 Å². The summed E-state index contributed by atoms with van der Waals surface area (Å²) in [6.07, 6.45) is 1.65. The van der Waals surface area contributed by atoms with E-state index in [4.69, 9.17) is 21.1 Å². The van der Waals surface area contributed by atoms with Crippen LogP contribution in [-0.4, -0.2) is 23.4 Å². The van der Waals surface area contributed by atoms with Crippen LogP contribution in [0.15, 0.2) is 72.4 Å². The zero-order chi connectivity index (χ0) is 24.1. The summed E-state index contributed by atoms with van der Waals surface area (Å²) in [7, 11) is 0. The van der Waals surface area contributed by atoms with Crippen LogP contribution in [0.5, 0.6) is 11.5 Å². The molecule has 0 unspecified atom stereocenters. The summed E-state index contributed by atoms with van der Waals surface area (Å²) >= 11 is 8.13. The van der Waals surface area contributed by atoms with Crippen molar-refractivity contribution in [3.05, 3.63) is 97.7 Å². The van der Waals surface area contributed by atoms with Gasteiger partial charge >= 0.3 is 6.03 Å². The van der Waals surface area contributed by atoms with Crippen molar-refractivity contribution in [2.45, 2.75) is 20.1 Å². The molecule has 0 saturated carbocycles. The third-order valence-corrected chi connectivity index (χ3v) is 6.14. The van der Waals surface area contributed by atoms with Crippen molar-refractivity contribution in [2.24, 2.45) is 0 Å². The molecule has 4 rings (SSSR count). The molecule has 0 aromatic heterocycles. The lowest BCUT2D eigenvalue weighted by molar-refractivity contribution is -0.123. The van der Waals surface area contributed by atoms with E-state index < -0.39 is 6.03 Å². The largest absolute Gasteiger partial charge is 0.490 e. The highest BCUT2D eigenvalue weighted by Gasteiger charge is 2.33. The highest BCUT2D eigenvalue weighted by Crippen LogP contribution is 2.36. The first-order valence-electron chi connectivity index (χ1n) is 10.7. The molecule has 3 aromatic carbocycles. The zero-order valence-corrected chi connectivity index (χ0v) is 21.3. The topological polar surface area (TPSA) is 67.9 Å². The Balaban J connectivity index is 1.55. The Hall–Kier alpha value is -3.04. The molecule has 174 valence electrons. The number of benzene rings is 3. The normalized spacial score (nSPS) is 14.4. The molecule has 6 nitrogen and oxygen atoms in total. The molecule has 0 aliphatic carbocycles. The van der Waals surface area contributed by atoms with Crippen LogP contribution in [0, 0.1) is 3.57 Å². The summed E-state index contributed by atoms with van der Waals surface area (Å²) in [6.45, 7) is 2.91. The van der Waals surface area contributed by atoms with Gasteiger partial charge in [0.15, 0.2) is 11.5 Å². The number of carbonyl (C=O) groups is 2. The number of hydrogen-bond acceptors (Lipinski definition) is 4. The first-order valence-corrected chi connectivity index (χ1v) is 12.1. The molecule has 8 heteroatoms. The van der Waals surface area contributed by atoms with Gasteiger partial charge in [-0.15, -0.1) is 0 Å². The molecule has 1 heterocycles. The smallest absolute Gasteiger partial charge is 0.329 e. The summed E-state index contributed by atoms with van der Waals surface area (Å²) in [5.74, 6) is 0.810.